The normalized spacial score (nSPS) is 24.6. The van der Waals surface area contributed by atoms with Crippen molar-refractivity contribution in [2.45, 2.75) is 31.6 Å². The smallest absolute Gasteiger partial charge is 0.228 e. The molecule has 1 amide bonds. The zero-order valence-corrected chi connectivity index (χ0v) is 10.6. The summed E-state index contributed by atoms with van der Waals surface area (Å²) in [6.07, 6.45) is 4.02. The van der Waals surface area contributed by atoms with Crippen molar-refractivity contribution < 1.29 is 4.79 Å². The first-order chi connectivity index (χ1) is 8.84. The Balaban J connectivity index is 1.82. The van der Waals surface area contributed by atoms with E-state index in [1.807, 2.05) is 17.0 Å². The molecule has 3 heterocycles. The quantitative estimate of drug-likeness (QED) is 0.862. The first kappa shape index (κ1) is 11.7. The predicted octanol–water partition coefficient (Wildman–Crippen LogP) is 1.68. The highest BCUT2D eigenvalue weighted by Crippen LogP contribution is 2.25. The fraction of sp³-hybridized carbons (Fsp3) is 0.571. The highest BCUT2D eigenvalue weighted by Gasteiger charge is 2.24. The van der Waals surface area contributed by atoms with Crippen LogP contribution >= 0.6 is 0 Å². The molecular weight excluding hydrogens is 226 g/mol. The van der Waals surface area contributed by atoms with Crippen molar-refractivity contribution in [1.82, 2.24) is 10.3 Å². The predicted molar refractivity (Wildman–Crippen MR) is 70.7 cm³/mol. The molecule has 1 N–H and O–H groups in total. The third-order valence-electron chi connectivity index (χ3n) is 3.82. The fourth-order valence-corrected chi connectivity index (χ4v) is 2.81. The van der Waals surface area contributed by atoms with E-state index in [2.05, 4.69) is 11.4 Å². The number of carbonyl (C=O) groups excluding carboxylic acids is 1. The molecule has 0 saturated carbocycles. The lowest BCUT2D eigenvalue weighted by Gasteiger charge is -2.23. The molecule has 0 spiro atoms. The molecule has 2 fully saturated rings. The Morgan fingerprint density at radius 1 is 1.33 bits per heavy atom. The average Bonchev–Trinajstić information content (AvgIpc) is 2.86. The minimum atomic E-state index is 0.210. The van der Waals surface area contributed by atoms with E-state index in [0.717, 1.165) is 37.6 Å². The Morgan fingerprint density at radius 2 is 2.28 bits per heavy atom. The van der Waals surface area contributed by atoms with E-state index in [-0.39, 0.29) is 5.91 Å². The Bertz CT molecular complexity index is 440. The van der Waals surface area contributed by atoms with Crippen molar-refractivity contribution in [2.24, 2.45) is 0 Å². The number of nitrogens with zero attached hydrogens (tertiary/aromatic N) is 2. The molecule has 0 bridgehead atoms. The van der Waals surface area contributed by atoms with E-state index in [9.17, 15) is 4.79 Å². The zero-order valence-electron chi connectivity index (χ0n) is 10.6. The van der Waals surface area contributed by atoms with Crippen LogP contribution in [0.25, 0.3) is 0 Å². The zero-order chi connectivity index (χ0) is 12.4. The molecule has 3 rings (SSSR count). The van der Waals surface area contributed by atoms with E-state index in [4.69, 9.17) is 4.98 Å². The molecule has 1 atom stereocenters. The Kier molecular flexibility index (Phi) is 3.28. The number of nitrogens with one attached hydrogen (secondary N) is 1. The first-order valence-corrected chi connectivity index (χ1v) is 6.82. The molecule has 4 heteroatoms. The number of carbonyl (C=O) groups is 1. The molecule has 4 nitrogen and oxygen atoms in total. The first-order valence-electron chi connectivity index (χ1n) is 6.82. The molecule has 0 radical (unpaired) electrons. The van der Waals surface area contributed by atoms with Gasteiger partial charge in [0.05, 0.1) is 0 Å². The van der Waals surface area contributed by atoms with E-state index in [1.54, 1.807) is 0 Å². The molecule has 0 aromatic carbocycles. The standard InChI is InChI=1S/C14H19N3O/c18-14-7-3-9-17(14)13-6-1-5-12(16-13)11-4-2-8-15-10-11/h1,5-6,11,15H,2-4,7-10H2/t11-/m0/s1. The van der Waals surface area contributed by atoms with Crippen molar-refractivity contribution in [2.75, 3.05) is 24.5 Å². The summed E-state index contributed by atoms with van der Waals surface area (Å²) in [6.45, 7) is 2.93. The number of hydrogen-bond donors (Lipinski definition) is 1. The minimum Gasteiger partial charge on any atom is -0.316 e. The van der Waals surface area contributed by atoms with Crippen LogP contribution in [0.3, 0.4) is 0 Å². The maximum Gasteiger partial charge on any atom is 0.228 e. The van der Waals surface area contributed by atoms with E-state index >= 15 is 0 Å². The maximum absolute atomic E-state index is 11.7. The lowest BCUT2D eigenvalue weighted by atomic mass is 9.96. The van der Waals surface area contributed by atoms with Gasteiger partial charge in [-0.05, 0) is 37.9 Å². The number of pyridine rings is 1. The van der Waals surface area contributed by atoms with Crippen LogP contribution in [0.5, 0.6) is 0 Å². The van der Waals surface area contributed by atoms with Crippen molar-refractivity contribution in [1.29, 1.82) is 0 Å². The lowest BCUT2D eigenvalue weighted by molar-refractivity contribution is -0.117. The van der Waals surface area contributed by atoms with Gasteiger partial charge in [-0.25, -0.2) is 4.98 Å². The second kappa shape index (κ2) is 5.06. The van der Waals surface area contributed by atoms with Crippen molar-refractivity contribution in [3.63, 3.8) is 0 Å². The van der Waals surface area contributed by atoms with E-state index in [1.165, 1.54) is 12.8 Å². The molecule has 2 saturated heterocycles. The summed E-state index contributed by atoms with van der Waals surface area (Å²) >= 11 is 0. The molecule has 0 unspecified atom stereocenters. The van der Waals surface area contributed by atoms with Crippen molar-refractivity contribution >= 4 is 11.7 Å². The summed E-state index contributed by atoms with van der Waals surface area (Å²) in [4.78, 5) is 18.2. The molecule has 2 aliphatic heterocycles. The van der Waals surface area contributed by atoms with Gasteiger partial charge in [0.1, 0.15) is 5.82 Å². The highest BCUT2D eigenvalue weighted by atomic mass is 16.2. The summed E-state index contributed by atoms with van der Waals surface area (Å²) in [5.41, 5.74) is 1.12. The number of hydrogen-bond acceptors (Lipinski definition) is 3. The minimum absolute atomic E-state index is 0.210. The number of piperidine rings is 1. The van der Waals surface area contributed by atoms with Gasteiger partial charge >= 0.3 is 0 Å². The van der Waals surface area contributed by atoms with Gasteiger partial charge < -0.3 is 5.32 Å². The van der Waals surface area contributed by atoms with Crippen molar-refractivity contribution in [3.8, 4) is 0 Å². The van der Waals surface area contributed by atoms with Gasteiger partial charge in [-0.1, -0.05) is 6.07 Å². The monoisotopic (exact) mass is 245 g/mol. The van der Waals surface area contributed by atoms with Crippen LogP contribution in [0, 0.1) is 0 Å². The Hall–Kier alpha value is -1.42. The van der Waals surface area contributed by atoms with Crippen LogP contribution < -0.4 is 10.2 Å². The average molecular weight is 245 g/mol. The van der Waals surface area contributed by atoms with Gasteiger partial charge in [0, 0.05) is 31.1 Å². The number of amides is 1. The van der Waals surface area contributed by atoms with Gasteiger partial charge in [-0.3, -0.25) is 9.69 Å². The van der Waals surface area contributed by atoms with Gasteiger partial charge in [0.2, 0.25) is 5.91 Å². The van der Waals surface area contributed by atoms with Crippen LogP contribution in [-0.2, 0) is 4.79 Å². The van der Waals surface area contributed by atoms with Crippen LogP contribution in [-0.4, -0.2) is 30.5 Å². The topological polar surface area (TPSA) is 45.2 Å². The molecule has 1 aromatic heterocycles. The number of aromatic nitrogens is 1. The molecule has 0 aliphatic carbocycles. The fourth-order valence-electron chi connectivity index (χ4n) is 2.81. The third kappa shape index (κ3) is 2.25. The molecular formula is C14H19N3O. The van der Waals surface area contributed by atoms with E-state index < -0.39 is 0 Å². The van der Waals surface area contributed by atoms with Crippen LogP contribution in [0.4, 0.5) is 5.82 Å². The summed E-state index contributed by atoms with van der Waals surface area (Å²) in [6, 6.07) is 6.06. The summed E-state index contributed by atoms with van der Waals surface area (Å²) < 4.78 is 0. The highest BCUT2D eigenvalue weighted by molar-refractivity contribution is 5.94. The molecule has 18 heavy (non-hydrogen) atoms. The maximum atomic E-state index is 11.7. The van der Waals surface area contributed by atoms with Gasteiger partial charge in [0.25, 0.3) is 0 Å². The molecule has 1 aromatic rings. The molecule has 96 valence electrons. The van der Waals surface area contributed by atoms with Gasteiger partial charge in [-0.15, -0.1) is 0 Å². The van der Waals surface area contributed by atoms with Crippen molar-refractivity contribution in [3.05, 3.63) is 23.9 Å². The summed E-state index contributed by atoms with van der Waals surface area (Å²) in [7, 11) is 0. The van der Waals surface area contributed by atoms with Crippen LogP contribution in [0.1, 0.15) is 37.3 Å². The van der Waals surface area contributed by atoms with Crippen LogP contribution in [0.2, 0.25) is 0 Å². The second-order valence-electron chi connectivity index (χ2n) is 5.11. The number of rotatable bonds is 2. The Morgan fingerprint density at radius 3 is 3.00 bits per heavy atom. The van der Waals surface area contributed by atoms with Gasteiger partial charge in [0.15, 0.2) is 0 Å². The lowest BCUT2D eigenvalue weighted by Crippen LogP contribution is -2.30. The van der Waals surface area contributed by atoms with E-state index in [0.29, 0.717) is 12.3 Å². The van der Waals surface area contributed by atoms with Gasteiger partial charge in [-0.2, -0.15) is 0 Å². The summed E-state index contributed by atoms with van der Waals surface area (Å²) in [5, 5.41) is 3.41. The van der Waals surface area contributed by atoms with Crippen LogP contribution in [0.15, 0.2) is 18.2 Å². The molecule has 2 aliphatic rings. The Labute approximate surface area is 107 Å². The largest absolute Gasteiger partial charge is 0.316 e. The summed E-state index contributed by atoms with van der Waals surface area (Å²) in [5.74, 6) is 1.54. The number of anilines is 1. The third-order valence-corrected chi connectivity index (χ3v) is 3.82. The SMILES string of the molecule is O=C1CCCN1c1cccc([C@H]2CCCNC2)n1. The second-order valence-corrected chi connectivity index (χ2v) is 5.11.